The van der Waals surface area contributed by atoms with Gasteiger partial charge in [0.15, 0.2) is 5.82 Å². The molecule has 94 valence electrons. The topological polar surface area (TPSA) is 55.6 Å². The fraction of sp³-hybridized carbons (Fsp3) is 0.462. The van der Waals surface area contributed by atoms with Crippen molar-refractivity contribution in [2.45, 2.75) is 19.3 Å². The molecule has 5 heteroatoms. The molecular formula is C13H17N5. The van der Waals surface area contributed by atoms with Crippen LogP contribution in [0, 0.1) is 5.92 Å². The van der Waals surface area contributed by atoms with E-state index >= 15 is 0 Å². The molecule has 3 rings (SSSR count). The molecule has 1 atom stereocenters. The first kappa shape index (κ1) is 11.3. The molecule has 0 bridgehead atoms. The highest BCUT2D eigenvalue weighted by Crippen LogP contribution is 2.16. The first-order valence-corrected chi connectivity index (χ1v) is 6.47. The Balaban J connectivity index is 1.79. The lowest BCUT2D eigenvalue weighted by molar-refractivity contribution is 0.368. The van der Waals surface area contributed by atoms with Gasteiger partial charge in [-0.15, -0.1) is 5.10 Å². The average molecular weight is 243 g/mol. The summed E-state index contributed by atoms with van der Waals surface area (Å²) in [7, 11) is 0. The minimum atomic E-state index is 0.646. The molecule has 1 aliphatic heterocycles. The van der Waals surface area contributed by atoms with Crippen molar-refractivity contribution in [3.05, 3.63) is 36.2 Å². The van der Waals surface area contributed by atoms with Crippen molar-refractivity contribution < 1.29 is 0 Å². The van der Waals surface area contributed by atoms with E-state index < -0.39 is 0 Å². The number of piperidine rings is 1. The van der Waals surface area contributed by atoms with Crippen LogP contribution in [0.3, 0.4) is 0 Å². The quantitative estimate of drug-likeness (QED) is 0.880. The highest BCUT2D eigenvalue weighted by Gasteiger charge is 2.17. The molecule has 0 saturated carbocycles. The van der Waals surface area contributed by atoms with Crippen LogP contribution in [-0.4, -0.2) is 33.3 Å². The van der Waals surface area contributed by atoms with E-state index in [2.05, 4.69) is 20.8 Å². The van der Waals surface area contributed by atoms with Crippen molar-refractivity contribution in [2.24, 2.45) is 5.92 Å². The van der Waals surface area contributed by atoms with E-state index in [1.807, 2.05) is 35.0 Å². The van der Waals surface area contributed by atoms with Crippen LogP contribution in [-0.2, 0) is 6.42 Å². The van der Waals surface area contributed by atoms with Crippen LogP contribution in [0.15, 0.2) is 30.3 Å². The van der Waals surface area contributed by atoms with Crippen molar-refractivity contribution in [1.29, 1.82) is 0 Å². The summed E-state index contributed by atoms with van der Waals surface area (Å²) in [6, 6.07) is 10.1. The standard InChI is InChI=1S/C13H17N5/c1-2-6-12(7-3-1)18-13(15-16-17-18)9-11-5-4-8-14-10-11/h1-3,6-7,11,14H,4-5,8-10H2. The van der Waals surface area contributed by atoms with Crippen LogP contribution < -0.4 is 5.32 Å². The fourth-order valence-electron chi connectivity index (χ4n) is 2.46. The molecule has 2 aromatic rings. The molecule has 5 nitrogen and oxygen atoms in total. The Kier molecular flexibility index (Phi) is 3.32. The molecular weight excluding hydrogens is 226 g/mol. The van der Waals surface area contributed by atoms with E-state index in [1.54, 1.807) is 0 Å². The molecule has 1 aromatic heterocycles. The zero-order chi connectivity index (χ0) is 12.2. The SMILES string of the molecule is c1ccc(-n2nnnc2CC2CCCNC2)cc1. The second-order valence-corrected chi connectivity index (χ2v) is 4.76. The molecule has 0 radical (unpaired) electrons. The molecule has 2 heterocycles. The van der Waals surface area contributed by atoms with E-state index in [-0.39, 0.29) is 0 Å². The molecule has 1 unspecified atom stereocenters. The minimum absolute atomic E-state index is 0.646. The fourth-order valence-corrected chi connectivity index (χ4v) is 2.46. The normalized spacial score (nSPS) is 19.9. The van der Waals surface area contributed by atoms with Gasteiger partial charge in [0.05, 0.1) is 5.69 Å². The summed E-state index contributed by atoms with van der Waals surface area (Å²) >= 11 is 0. The largest absolute Gasteiger partial charge is 0.316 e. The van der Waals surface area contributed by atoms with E-state index in [0.29, 0.717) is 5.92 Å². The lowest BCUT2D eigenvalue weighted by Gasteiger charge is -2.21. The van der Waals surface area contributed by atoms with Crippen LogP contribution in [0.4, 0.5) is 0 Å². The molecule has 1 aromatic carbocycles. The molecule has 0 spiro atoms. The Morgan fingerprint density at radius 2 is 2.17 bits per heavy atom. The van der Waals surface area contributed by atoms with Gasteiger partial charge in [-0.05, 0) is 54.4 Å². The zero-order valence-corrected chi connectivity index (χ0v) is 10.3. The predicted octanol–water partition coefficient (Wildman–Crippen LogP) is 1.20. The Morgan fingerprint density at radius 3 is 2.94 bits per heavy atom. The van der Waals surface area contributed by atoms with Gasteiger partial charge in [0.2, 0.25) is 0 Å². The van der Waals surface area contributed by atoms with Gasteiger partial charge in [-0.2, -0.15) is 4.68 Å². The van der Waals surface area contributed by atoms with Gasteiger partial charge in [-0.25, -0.2) is 0 Å². The van der Waals surface area contributed by atoms with Crippen molar-refractivity contribution in [3.63, 3.8) is 0 Å². The van der Waals surface area contributed by atoms with E-state index in [4.69, 9.17) is 0 Å². The van der Waals surface area contributed by atoms with Crippen LogP contribution in [0.1, 0.15) is 18.7 Å². The maximum Gasteiger partial charge on any atom is 0.157 e. The van der Waals surface area contributed by atoms with Gasteiger partial charge < -0.3 is 5.32 Å². The first-order chi connectivity index (χ1) is 8.93. The monoisotopic (exact) mass is 243 g/mol. The molecule has 1 saturated heterocycles. The summed E-state index contributed by atoms with van der Waals surface area (Å²) in [5.74, 6) is 1.60. The summed E-state index contributed by atoms with van der Waals surface area (Å²) in [4.78, 5) is 0. The number of aromatic nitrogens is 4. The maximum absolute atomic E-state index is 4.16. The van der Waals surface area contributed by atoms with E-state index in [9.17, 15) is 0 Å². The second kappa shape index (κ2) is 5.27. The molecule has 1 fully saturated rings. The number of benzene rings is 1. The van der Waals surface area contributed by atoms with Crippen molar-refractivity contribution in [3.8, 4) is 5.69 Å². The number of hydrogen-bond acceptors (Lipinski definition) is 4. The Morgan fingerprint density at radius 1 is 1.28 bits per heavy atom. The number of nitrogens with zero attached hydrogens (tertiary/aromatic N) is 4. The highest BCUT2D eigenvalue weighted by molar-refractivity contribution is 5.30. The van der Waals surface area contributed by atoms with E-state index in [0.717, 1.165) is 31.0 Å². The van der Waals surface area contributed by atoms with Gasteiger partial charge in [0.1, 0.15) is 0 Å². The summed E-state index contributed by atoms with van der Waals surface area (Å²) in [5.41, 5.74) is 1.03. The van der Waals surface area contributed by atoms with Gasteiger partial charge in [-0.3, -0.25) is 0 Å². The lowest BCUT2D eigenvalue weighted by atomic mass is 9.96. The number of hydrogen-bond donors (Lipinski definition) is 1. The van der Waals surface area contributed by atoms with Crippen LogP contribution in [0.5, 0.6) is 0 Å². The molecule has 0 aliphatic carbocycles. The van der Waals surface area contributed by atoms with Crippen LogP contribution in [0.25, 0.3) is 5.69 Å². The van der Waals surface area contributed by atoms with Crippen molar-refractivity contribution in [2.75, 3.05) is 13.1 Å². The predicted molar refractivity (Wildman–Crippen MR) is 68.5 cm³/mol. The van der Waals surface area contributed by atoms with Crippen molar-refractivity contribution in [1.82, 2.24) is 25.5 Å². The number of nitrogens with one attached hydrogen (secondary N) is 1. The number of para-hydroxylation sites is 1. The second-order valence-electron chi connectivity index (χ2n) is 4.76. The number of tetrazole rings is 1. The third-order valence-corrected chi connectivity index (χ3v) is 3.41. The Hall–Kier alpha value is -1.75. The Labute approximate surface area is 106 Å². The maximum atomic E-state index is 4.16. The lowest BCUT2D eigenvalue weighted by Crippen LogP contribution is -2.31. The van der Waals surface area contributed by atoms with Crippen molar-refractivity contribution >= 4 is 0 Å². The van der Waals surface area contributed by atoms with Gasteiger partial charge >= 0.3 is 0 Å². The summed E-state index contributed by atoms with van der Waals surface area (Å²) in [6.45, 7) is 2.21. The third kappa shape index (κ3) is 2.41. The average Bonchev–Trinajstić information content (AvgIpc) is 2.89. The summed E-state index contributed by atoms with van der Waals surface area (Å²) in [5, 5.41) is 15.5. The molecule has 1 N–H and O–H groups in total. The smallest absolute Gasteiger partial charge is 0.157 e. The molecule has 0 amide bonds. The molecule has 18 heavy (non-hydrogen) atoms. The third-order valence-electron chi connectivity index (χ3n) is 3.41. The first-order valence-electron chi connectivity index (χ1n) is 6.47. The van der Waals surface area contributed by atoms with E-state index in [1.165, 1.54) is 12.8 Å². The minimum Gasteiger partial charge on any atom is -0.316 e. The van der Waals surface area contributed by atoms with Crippen LogP contribution >= 0.6 is 0 Å². The summed E-state index contributed by atoms with van der Waals surface area (Å²) < 4.78 is 1.84. The van der Waals surface area contributed by atoms with Gasteiger partial charge in [-0.1, -0.05) is 18.2 Å². The van der Waals surface area contributed by atoms with Gasteiger partial charge in [0.25, 0.3) is 0 Å². The highest BCUT2D eigenvalue weighted by atomic mass is 15.5. The zero-order valence-electron chi connectivity index (χ0n) is 10.3. The van der Waals surface area contributed by atoms with Gasteiger partial charge in [0, 0.05) is 6.42 Å². The summed E-state index contributed by atoms with van der Waals surface area (Å²) in [6.07, 6.45) is 3.45. The number of rotatable bonds is 3. The Bertz CT molecular complexity index is 487. The van der Waals surface area contributed by atoms with Crippen LogP contribution in [0.2, 0.25) is 0 Å². The molecule has 1 aliphatic rings.